The molecule has 2 aromatic heterocycles. The van der Waals surface area contributed by atoms with Gasteiger partial charge in [0.25, 0.3) is 5.91 Å². The zero-order chi connectivity index (χ0) is 23.3. The number of furan rings is 1. The van der Waals surface area contributed by atoms with E-state index in [2.05, 4.69) is 19.2 Å². The van der Waals surface area contributed by atoms with Crippen molar-refractivity contribution in [2.24, 2.45) is 11.8 Å². The Morgan fingerprint density at radius 2 is 1.94 bits per heavy atom. The smallest absolute Gasteiger partial charge is 0.271 e. The fraction of sp³-hybridized carbons (Fsp3) is 0.481. The van der Waals surface area contributed by atoms with Crippen molar-refractivity contribution >= 4 is 22.9 Å². The summed E-state index contributed by atoms with van der Waals surface area (Å²) < 4.78 is 7.51. The highest BCUT2D eigenvalue weighted by Crippen LogP contribution is 2.35. The van der Waals surface area contributed by atoms with Crippen molar-refractivity contribution in [2.75, 3.05) is 0 Å². The van der Waals surface area contributed by atoms with Crippen LogP contribution in [0.3, 0.4) is 0 Å². The molecule has 3 heterocycles. The molecule has 1 aromatic carbocycles. The zero-order valence-electron chi connectivity index (χ0n) is 19.9. The summed E-state index contributed by atoms with van der Waals surface area (Å²) in [6.07, 6.45) is 4.94. The lowest BCUT2D eigenvalue weighted by atomic mass is 9.77. The molecule has 4 atom stereocenters. The average molecular weight is 448 g/mol. The fourth-order valence-electron chi connectivity index (χ4n) is 5.51. The predicted octanol–water partition coefficient (Wildman–Crippen LogP) is 4.90. The van der Waals surface area contributed by atoms with Gasteiger partial charge in [0.1, 0.15) is 11.2 Å². The maximum absolute atomic E-state index is 13.9. The highest BCUT2D eigenvalue weighted by Gasteiger charge is 2.48. The third-order valence-electron chi connectivity index (χ3n) is 8.02. The molecule has 1 N–H and O–H groups in total. The van der Waals surface area contributed by atoms with E-state index in [4.69, 9.17) is 4.42 Å². The monoisotopic (exact) mass is 447 g/mol. The standard InChI is InChI=1S/C27H33N3O3/c1-17-8-10-20(11-9-17)15-30-25(31)23-14-24-22(12-13-33-24)29(23)16-27(30,4)26(32)28-21-7-5-6-18(2)19(21)3/h8-14,18-19,21H,5-7,15-16H2,1-4H3,(H,28,32)/t18-,19+,21+,27+/m0/s1. The zero-order valence-corrected chi connectivity index (χ0v) is 19.9. The molecule has 0 radical (unpaired) electrons. The van der Waals surface area contributed by atoms with Crippen LogP contribution in [0.5, 0.6) is 0 Å². The Hall–Kier alpha value is -3.02. The third kappa shape index (κ3) is 3.65. The number of hydrogen-bond donors (Lipinski definition) is 1. The molecule has 33 heavy (non-hydrogen) atoms. The van der Waals surface area contributed by atoms with Crippen molar-refractivity contribution in [3.63, 3.8) is 0 Å². The van der Waals surface area contributed by atoms with Crippen LogP contribution in [0.2, 0.25) is 0 Å². The summed E-state index contributed by atoms with van der Waals surface area (Å²) in [4.78, 5) is 29.4. The highest BCUT2D eigenvalue weighted by atomic mass is 16.3. The van der Waals surface area contributed by atoms with Crippen LogP contribution in [-0.2, 0) is 17.9 Å². The van der Waals surface area contributed by atoms with Crippen LogP contribution in [0.4, 0.5) is 0 Å². The van der Waals surface area contributed by atoms with Gasteiger partial charge in [0, 0.05) is 24.7 Å². The van der Waals surface area contributed by atoms with Crippen LogP contribution in [-0.4, -0.2) is 32.9 Å². The minimum atomic E-state index is -1.02. The fourth-order valence-corrected chi connectivity index (χ4v) is 5.51. The molecule has 6 nitrogen and oxygen atoms in total. The normalized spacial score (nSPS) is 27.6. The minimum Gasteiger partial charge on any atom is -0.463 e. The van der Waals surface area contributed by atoms with Crippen LogP contribution < -0.4 is 5.32 Å². The molecule has 174 valence electrons. The Morgan fingerprint density at radius 1 is 1.18 bits per heavy atom. The molecular formula is C27H33N3O3. The molecule has 3 aromatic rings. The first-order valence-electron chi connectivity index (χ1n) is 12.0. The Bertz CT molecular complexity index is 1190. The number of hydrogen-bond acceptors (Lipinski definition) is 3. The van der Waals surface area contributed by atoms with E-state index in [1.807, 2.05) is 48.7 Å². The van der Waals surface area contributed by atoms with Gasteiger partial charge in [0.05, 0.1) is 18.3 Å². The number of nitrogens with one attached hydrogen (secondary N) is 1. The molecule has 0 saturated heterocycles. The molecule has 6 heteroatoms. The van der Waals surface area contributed by atoms with E-state index < -0.39 is 5.54 Å². The van der Waals surface area contributed by atoms with Gasteiger partial charge in [-0.15, -0.1) is 0 Å². The van der Waals surface area contributed by atoms with Gasteiger partial charge in [-0.2, -0.15) is 0 Å². The molecule has 5 rings (SSSR count). The summed E-state index contributed by atoms with van der Waals surface area (Å²) in [7, 11) is 0. The number of fused-ring (bicyclic) bond motifs is 3. The minimum absolute atomic E-state index is 0.0788. The van der Waals surface area contributed by atoms with E-state index in [-0.39, 0.29) is 17.9 Å². The van der Waals surface area contributed by atoms with Crippen molar-refractivity contribution in [1.82, 2.24) is 14.8 Å². The Kier molecular flexibility index (Phi) is 5.34. The second-order valence-corrected chi connectivity index (χ2v) is 10.3. The quantitative estimate of drug-likeness (QED) is 0.619. The molecule has 0 bridgehead atoms. The van der Waals surface area contributed by atoms with Crippen LogP contribution in [0.15, 0.2) is 47.1 Å². The SMILES string of the molecule is Cc1ccc(CN2C(=O)c3cc4occc4n3C[C@]2(C)C(=O)N[C@@H]2CCC[C@H](C)[C@H]2C)cc1. The van der Waals surface area contributed by atoms with Gasteiger partial charge < -0.3 is 19.2 Å². The lowest BCUT2D eigenvalue weighted by molar-refractivity contribution is -0.134. The summed E-state index contributed by atoms with van der Waals surface area (Å²) in [5, 5.41) is 3.35. The van der Waals surface area contributed by atoms with Crippen molar-refractivity contribution in [3.8, 4) is 0 Å². The van der Waals surface area contributed by atoms with E-state index in [1.165, 1.54) is 12.0 Å². The number of aryl methyl sites for hydroxylation is 1. The van der Waals surface area contributed by atoms with E-state index >= 15 is 0 Å². The molecule has 1 aliphatic carbocycles. The second-order valence-electron chi connectivity index (χ2n) is 10.3. The van der Waals surface area contributed by atoms with E-state index in [1.54, 1.807) is 17.2 Å². The van der Waals surface area contributed by atoms with E-state index in [9.17, 15) is 9.59 Å². The van der Waals surface area contributed by atoms with Crippen LogP contribution in [0.1, 0.15) is 61.6 Å². The van der Waals surface area contributed by atoms with Crippen LogP contribution in [0, 0.1) is 18.8 Å². The summed E-state index contributed by atoms with van der Waals surface area (Å²) in [6.45, 7) is 9.21. The largest absolute Gasteiger partial charge is 0.463 e. The first-order valence-corrected chi connectivity index (χ1v) is 12.0. The molecule has 1 fully saturated rings. The predicted molar refractivity (Wildman–Crippen MR) is 128 cm³/mol. The number of aromatic nitrogens is 1. The first-order chi connectivity index (χ1) is 15.8. The molecule has 1 saturated carbocycles. The average Bonchev–Trinajstić information content (AvgIpc) is 3.38. The summed E-state index contributed by atoms with van der Waals surface area (Å²) >= 11 is 0. The maximum Gasteiger partial charge on any atom is 0.271 e. The molecule has 2 aliphatic rings. The first kappa shape index (κ1) is 21.8. The lowest BCUT2D eigenvalue weighted by Gasteiger charge is -2.45. The number of nitrogens with zero attached hydrogens (tertiary/aromatic N) is 2. The third-order valence-corrected chi connectivity index (χ3v) is 8.02. The topological polar surface area (TPSA) is 67.5 Å². The van der Waals surface area contributed by atoms with Gasteiger partial charge >= 0.3 is 0 Å². The summed E-state index contributed by atoms with van der Waals surface area (Å²) in [5.74, 6) is 0.773. The molecule has 1 aliphatic heterocycles. The number of carbonyl (C=O) groups excluding carboxylic acids is 2. The van der Waals surface area contributed by atoms with Crippen molar-refractivity contribution in [3.05, 3.63) is 59.5 Å². The van der Waals surface area contributed by atoms with Crippen molar-refractivity contribution < 1.29 is 14.0 Å². The molecule has 2 amide bonds. The Labute approximate surface area is 194 Å². The molecular weight excluding hydrogens is 414 g/mol. The summed E-state index contributed by atoms with van der Waals surface area (Å²) in [5.41, 5.74) is 3.26. The van der Waals surface area contributed by atoms with Gasteiger partial charge in [-0.05, 0) is 37.7 Å². The molecule has 0 spiro atoms. The van der Waals surface area contributed by atoms with Crippen LogP contribution >= 0.6 is 0 Å². The van der Waals surface area contributed by atoms with Crippen molar-refractivity contribution in [1.29, 1.82) is 0 Å². The van der Waals surface area contributed by atoms with Gasteiger partial charge in [-0.25, -0.2) is 0 Å². The van der Waals surface area contributed by atoms with Crippen molar-refractivity contribution in [2.45, 2.75) is 71.6 Å². The lowest BCUT2D eigenvalue weighted by Crippen LogP contribution is -2.65. The van der Waals surface area contributed by atoms with Gasteiger partial charge in [0.2, 0.25) is 5.91 Å². The van der Waals surface area contributed by atoms with E-state index in [0.717, 1.165) is 23.9 Å². The number of amides is 2. The summed E-state index contributed by atoms with van der Waals surface area (Å²) in [6, 6.07) is 11.9. The Balaban J connectivity index is 1.52. The number of rotatable bonds is 4. The molecule has 0 unspecified atom stereocenters. The second kappa shape index (κ2) is 8.08. The van der Waals surface area contributed by atoms with E-state index in [0.29, 0.717) is 36.2 Å². The van der Waals surface area contributed by atoms with Gasteiger partial charge in [-0.3, -0.25) is 9.59 Å². The maximum atomic E-state index is 13.9. The number of carbonyl (C=O) groups is 2. The van der Waals surface area contributed by atoms with Crippen LogP contribution in [0.25, 0.3) is 11.1 Å². The van der Waals surface area contributed by atoms with Gasteiger partial charge in [0.15, 0.2) is 5.58 Å². The number of benzene rings is 1. The highest BCUT2D eigenvalue weighted by molar-refractivity contribution is 6.02. The van der Waals surface area contributed by atoms with Gasteiger partial charge in [-0.1, -0.05) is 56.5 Å². The Morgan fingerprint density at radius 3 is 2.70 bits per heavy atom.